The SMILES string of the molecule is COc1cc(CNC[C@H](C)O)ccc1OCc1ccccc1. The van der Waals surface area contributed by atoms with Crippen LogP contribution in [0.5, 0.6) is 11.5 Å². The van der Waals surface area contributed by atoms with Gasteiger partial charge in [-0.1, -0.05) is 36.4 Å². The zero-order valence-corrected chi connectivity index (χ0v) is 13.1. The summed E-state index contributed by atoms with van der Waals surface area (Å²) in [5.41, 5.74) is 2.21. The highest BCUT2D eigenvalue weighted by Crippen LogP contribution is 2.28. The van der Waals surface area contributed by atoms with E-state index in [4.69, 9.17) is 9.47 Å². The molecule has 0 radical (unpaired) electrons. The minimum atomic E-state index is -0.352. The quantitative estimate of drug-likeness (QED) is 0.787. The van der Waals surface area contributed by atoms with Gasteiger partial charge in [0.1, 0.15) is 6.61 Å². The van der Waals surface area contributed by atoms with Crippen molar-refractivity contribution >= 4 is 0 Å². The molecule has 2 aromatic rings. The van der Waals surface area contributed by atoms with Crippen LogP contribution in [0.1, 0.15) is 18.1 Å². The molecule has 0 aliphatic carbocycles. The summed E-state index contributed by atoms with van der Waals surface area (Å²) < 4.78 is 11.2. The molecule has 0 heterocycles. The topological polar surface area (TPSA) is 50.7 Å². The van der Waals surface area contributed by atoms with Crippen molar-refractivity contribution in [1.29, 1.82) is 0 Å². The Kier molecular flexibility index (Phi) is 6.25. The van der Waals surface area contributed by atoms with Crippen LogP contribution in [0.3, 0.4) is 0 Å². The van der Waals surface area contributed by atoms with Gasteiger partial charge in [-0.15, -0.1) is 0 Å². The predicted octanol–water partition coefficient (Wildman–Crippen LogP) is 2.74. The highest BCUT2D eigenvalue weighted by atomic mass is 16.5. The number of benzene rings is 2. The molecule has 0 aliphatic heterocycles. The molecule has 0 aromatic heterocycles. The first-order valence-electron chi connectivity index (χ1n) is 7.41. The second kappa shape index (κ2) is 8.41. The van der Waals surface area contributed by atoms with Crippen LogP contribution in [0.25, 0.3) is 0 Å². The average Bonchev–Trinajstić information content (AvgIpc) is 2.54. The Morgan fingerprint density at radius 1 is 1.05 bits per heavy atom. The summed E-state index contributed by atoms with van der Waals surface area (Å²) in [4.78, 5) is 0. The van der Waals surface area contributed by atoms with E-state index in [-0.39, 0.29) is 6.10 Å². The number of aliphatic hydroxyl groups excluding tert-OH is 1. The Hall–Kier alpha value is -2.04. The lowest BCUT2D eigenvalue weighted by Crippen LogP contribution is -2.23. The summed E-state index contributed by atoms with van der Waals surface area (Å²) in [5, 5.41) is 12.4. The van der Waals surface area contributed by atoms with Crippen molar-refractivity contribution in [3.8, 4) is 11.5 Å². The molecule has 4 nitrogen and oxygen atoms in total. The minimum absolute atomic E-state index is 0.352. The molecule has 2 N–H and O–H groups in total. The Labute approximate surface area is 131 Å². The summed E-state index contributed by atoms with van der Waals surface area (Å²) in [7, 11) is 1.64. The number of aliphatic hydroxyl groups is 1. The van der Waals surface area contributed by atoms with Gasteiger partial charge in [-0.25, -0.2) is 0 Å². The first-order valence-corrected chi connectivity index (χ1v) is 7.41. The minimum Gasteiger partial charge on any atom is -0.493 e. The zero-order chi connectivity index (χ0) is 15.8. The second-order valence-electron chi connectivity index (χ2n) is 5.24. The van der Waals surface area contributed by atoms with E-state index in [0.717, 1.165) is 16.9 Å². The van der Waals surface area contributed by atoms with Crippen LogP contribution < -0.4 is 14.8 Å². The highest BCUT2D eigenvalue weighted by Gasteiger charge is 2.06. The summed E-state index contributed by atoms with van der Waals surface area (Å²) in [5.74, 6) is 1.44. The van der Waals surface area contributed by atoms with Gasteiger partial charge in [0, 0.05) is 13.1 Å². The molecular weight excluding hydrogens is 278 g/mol. The standard InChI is InChI=1S/C18H23NO3/c1-14(20)11-19-12-16-8-9-17(18(10-16)21-2)22-13-15-6-4-3-5-7-15/h3-10,14,19-20H,11-13H2,1-2H3/t14-/m0/s1. The van der Waals surface area contributed by atoms with Crippen LogP contribution in [0.15, 0.2) is 48.5 Å². The lowest BCUT2D eigenvalue weighted by Gasteiger charge is -2.13. The number of hydrogen-bond acceptors (Lipinski definition) is 4. The number of hydrogen-bond donors (Lipinski definition) is 2. The fourth-order valence-corrected chi connectivity index (χ4v) is 2.10. The van der Waals surface area contributed by atoms with Gasteiger partial charge in [0.2, 0.25) is 0 Å². The fraction of sp³-hybridized carbons (Fsp3) is 0.333. The molecule has 0 saturated heterocycles. The Morgan fingerprint density at radius 3 is 2.50 bits per heavy atom. The van der Waals surface area contributed by atoms with Gasteiger partial charge in [0.25, 0.3) is 0 Å². The van der Waals surface area contributed by atoms with E-state index in [0.29, 0.717) is 25.4 Å². The van der Waals surface area contributed by atoms with Crippen molar-refractivity contribution in [1.82, 2.24) is 5.32 Å². The first-order chi connectivity index (χ1) is 10.7. The van der Waals surface area contributed by atoms with E-state index >= 15 is 0 Å². The van der Waals surface area contributed by atoms with Gasteiger partial charge in [-0.2, -0.15) is 0 Å². The van der Waals surface area contributed by atoms with E-state index < -0.39 is 0 Å². The molecule has 0 spiro atoms. The number of rotatable bonds is 8. The van der Waals surface area contributed by atoms with E-state index in [1.807, 2.05) is 48.5 Å². The van der Waals surface area contributed by atoms with E-state index in [1.165, 1.54) is 0 Å². The average molecular weight is 301 g/mol. The summed E-state index contributed by atoms with van der Waals surface area (Å²) >= 11 is 0. The molecule has 0 fully saturated rings. The maximum Gasteiger partial charge on any atom is 0.161 e. The lowest BCUT2D eigenvalue weighted by atomic mass is 10.2. The number of nitrogens with one attached hydrogen (secondary N) is 1. The Bertz CT molecular complexity index is 570. The molecule has 22 heavy (non-hydrogen) atoms. The molecule has 0 aliphatic rings. The maximum atomic E-state index is 9.25. The molecule has 118 valence electrons. The third kappa shape index (κ3) is 5.06. The molecular formula is C18H23NO3. The van der Waals surface area contributed by atoms with Crippen molar-refractivity contribution in [3.05, 3.63) is 59.7 Å². The fourth-order valence-electron chi connectivity index (χ4n) is 2.10. The smallest absolute Gasteiger partial charge is 0.161 e. The molecule has 1 atom stereocenters. The summed E-state index contributed by atoms with van der Waals surface area (Å²) in [6.45, 7) is 3.51. The van der Waals surface area contributed by atoms with Gasteiger partial charge < -0.3 is 19.9 Å². The van der Waals surface area contributed by atoms with E-state index in [9.17, 15) is 5.11 Å². The van der Waals surface area contributed by atoms with E-state index in [1.54, 1.807) is 14.0 Å². The molecule has 2 aromatic carbocycles. The molecule has 0 saturated carbocycles. The van der Waals surface area contributed by atoms with Gasteiger partial charge in [0.15, 0.2) is 11.5 Å². The van der Waals surface area contributed by atoms with Gasteiger partial charge >= 0.3 is 0 Å². The van der Waals surface area contributed by atoms with Crippen LogP contribution >= 0.6 is 0 Å². The third-order valence-electron chi connectivity index (χ3n) is 3.23. The Balaban J connectivity index is 1.96. The second-order valence-corrected chi connectivity index (χ2v) is 5.24. The van der Waals surface area contributed by atoms with Crippen molar-refractivity contribution in [2.24, 2.45) is 0 Å². The maximum absolute atomic E-state index is 9.25. The van der Waals surface area contributed by atoms with Gasteiger partial charge in [-0.05, 0) is 30.2 Å². The van der Waals surface area contributed by atoms with Crippen LogP contribution in [-0.2, 0) is 13.2 Å². The molecule has 0 bridgehead atoms. The van der Waals surface area contributed by atoms with Crippen molar-refractivity contribution < 1.29 is 14.6 Å². The number of methoxy groups -OCH3 is 1. The lowest BCUT2D eigenvalue weighted by molar-refractivity contribution is 0.191. The van der Waals surface area contributed by atoms with Gasteiger partial charge in [0.05, 0.1) is 13.2 Å². The largest absolute Gasteiger partial charge is 0.493 e. The molecule has 0 amide bonds. The van der Waals surface area contributed by atoms with Crippen LogP contribution in [-0.4, -0.2) is 24.9 Å². The van der Waals surface area contributed by atoms with Gasteiger partial charge in [-0.3, -0.25) is 0 Å². The van der Waals surface area contributed by atoms with Crippen molar-refractivity contribution in [2.45, 2.75) is 26.2 Å². The normalized spacial score (nSPS) is 12.0. The van der Waals surface area contributed by atoms with Crippen LogP contribution in [0, 0.1) is 0 Å². The predicted molar refractivity (Wildman–Crippen MR) is 87.2 cm³/mol. The van der Waals surface area contributed by atoms with Crippen LogP contribution in [0.4, 0.5) is 0 Å². The molecule has 4 heteroatoms. The van der Waals surface area contributed by atoms with Crippen molar-refractivity contribution in [2.75, 3.05) is 13.7 Å². The molecule has 0 unspecified atom stereocenters. The third-order valence-corrected chi connectivity index (χ3v) is 3.23. The monoisotopic (exact) mass is 301 g/mol. The zero-order valence-electron chi connectivity index (χ0n) is 13.1. The summed E-state index contributed by atoms with van der Waals surface area (Å²) in [6, 6.07) is 15.9. The summed E-state index contributed by atoms with van der Waals surface area (Å²) in [6.07, 6.45) is -0.352. The highest BCUT2D eigenvalue weighted by molar-refractivity contribution is 5.43. The first kappa shape index (κ1) is 16.3. The number of ether oxygens (including phenoxy) is 2. The molecule has 2 rings (SSSR count). The van der Waals surface area contributed by atoms with Crippen molar-refractivity contribution in [3.63, 3.8) is 0 Å². The van der Waals surface area contributed by atoms with Crippen LogP contribution in [0.2, 0.25) is 0 Å². The van der Waals surface area contributed by atoms with E-state index in [2.05, 4.69) is 5.32 Å². The Morgan fingerprint density at radius 2 is 1.82 bits per heavy atom.